The fraction of sp³-hybridized carbons (Fsp3) is 0.671. The number of hydrogen-bond acceptors (Lipinski definition) is 15. The molecule has 0 aliphatic heterocycles. The van der Waals surface area contributed by atoms with Crippen molar-refractivity contribution in [2.24, 2.45) is 0 Å². The number of unbranched alkanes of at least 4 members (excludes halogenated alkanes) is 24. The van der Waals surface area contributed by atoms with Crippen molar-refractivity contribution < 1.29 is 80.2 Å². The summed E-state index contributed by atoms with van der Waals surface area (Å²) in [6.45, 7) is 4.44. The van der Waals surface area contributed by atoms with Crippen LogP contribution in [0.3, 0.4) is 0 Å². The first-order valence-electron chi connectivity index (χ1n) is 40.1. The molecule has 3 N–H and O–H groups in total. The van der Waals surface area contributed by atoms with Crippen molar-refractivity contribution in [3.63, 3.8) is 0 Å². The van der Waals surface area contributed by atoms with Crippen LogP contribution in [-0.4, -0.2) is 96.7 Å². The summed E-state index contributed by atoms with van der Waals surface area (Å²) >= 11 is 0. The van der Waals surface area contributed by atoms with Crippen LogP contribution in [0.1, 0.15) is 310 Å². The standard InChI is InChI=1S/C85H142O17P2/c1-5-9-13-17-21-25-29-33-36-38-39-41-44-47-50-54-58-62-66-70-83(88)95-75-80(101-84(89)71-67-63-59-55-51-45-32-28-24-20-16-12-8-4)77-99-103(91,92)97-73-79(86)74-98-104(93,94)100-78-81(102-85(90)72-68-64-60-56-52-48-42-35-31-27-23-19-15-11-7-3)76-96-82(87)69-65-61-57-53-49-46-43-40-37-34-30-26-22-18-14-10-6-2/h9-11,13-15,21-23,25-27,33-37,39,41-42,47,50,58,62,79-81,86H,5-8,12,16-20,24,28-32,38,40,43-46,48-49,51-57,59-61,63-78H2,1-4H3,(H,91,92)(H,93,94)/b13-9-,14-10-,15-11-,25-21-,26-22-,27-23-,36-33-,37-34-,41-39-,42-35-,50-47-,62-58-. The van der Waals surface area contributed by atoms with Crippen molar-refractivity contribution in [2.45, 2.75) is 329 Å². The summed E-state index contributed by atoms with van der Waals surface area (Å²) in [4.78, 5) is 73.0. The van der Waals surface area contributed by atoms with Crippen molar-refractivity contribution >= 4 is 39.5 Å². The number of carbonyl (C=O) groups is 4. The number of phosphoric acid groups is 2. The van der Waals surface area contributed by atoms with E-state index in [1.807, 2.05) is 18.2 Å². The lowest BCUT2D eigenvalue weighted by Gasteiger charge is -2.21. The van der Waals surface area contributed by atoms with E-state index in [1.165, 1.54) is 51.4 Å². The van der Waals surface area contributed by atoms with E-state index in [2.05, 4.69) is 155 Å². The summed E-state index contributed by atoms with van der Waals surface area (Å²) in [5.41, 5.74) is 0. The van der Waals surface area contributed by atoms with Crippen LogP contribution in [0.25, 0.3) is 0 Å². The van der Waals surface area contributed by atoms with Gasteiger partial charge in [-0.3, -0.25) is 37.3 Å². The second kappa shape index (κ2) is 76.1. The number of aliphatic hydroxyl groups is 1. The van der Waals surface area contributed by atoms with E-state index < -0.39 is 97.5 Å². The first kappa shape index (κ1) is 98.9. The first-order chi connectivity index (χ1) is 50.7. The Hall–Kier alpha value is -5.06. The van der Waals surface area contributed by atoms with Crippen LogP contribution in [0, 0.1) is 0 Å². The van der Waals surface area contributed by atoms with Gasteiger partial charge in [-0.25, -0.2) is 9.13 Å². The predicted octanol–water partition coefficient (Wildman–Crippen LogP) is 23.4. The maximum Gasteiger partial charge on any atom is 0.472 e. The van der Waals surface area contributed by atoms with Crippen LogP contribution in [0.5, 0.6) is 0 Å². The molecule has 594 valence electrons. The predicted molar refractivity (Wildman–Crippen MR) is 427 cm³/mol. The summed E-state index contributed by atoms with van der Waals surface area (Å²) in [5.74, 6) is -2.30. The second-order valence-electron chi connectivity index (χ2n) is 26.2. The zero-order valence-corrected chi connectivity index (χ0v) is 66.7. The van der Waals surface area contributed by atoms with Crippen LogP contribution in [0.4, 0.5) is 0 Å². The van der Waals surface area contributed by atoms with Crippen LogP contribution >= 0.6 is 15.6 Å². The summed E-state index contributed by atoms with van der Waals surface area (Å²) < 4.78 is 68.5. The molecule has 0 amide bonds. The number of allylic oxidation sites excluding steroid dienone is 24. The van der Waals surface area contributed by atoms with E-state index in [-0.39, 0.29) is 25.7 Å². The quantitative estimate of drug-likeness (QED) is 0.0169. The van der Waals surface area contributed by atoms with Gasteiger partial charge in [0.25, 0.3) is 0 Å². The largest absolute Gasteiger partial charge is 0.472 e. The van der Waals surface area contributed by atoms with Gasteiger partial charge in [0.05, 0.1) is 26.4 Å². The molecule has 0 aromatic heterocycles. The Morgan fingerprint density at radius 2 is 0.519 bits per heavy atom. The highest BCUT2D eigenvalue weighted by Crippen LogP contribution is 2.45. The smallest absolute Gasteiger partial charge is 0.462 e. The Bertz CT molecular complexity index is 2540. The molecule has 19 heteroatoms. The Kier molecular flexibility index (Phi) is 72.4. The molecule has 0 saturated carbocycles. The normalized spacial score (nSPS) is 14.6. The summed E-state index contributed by atoms with van der Waals surface area (Å²) in [6.07, 6.45) is 87.0. The van der Waals surface area contributed by atoms with E-state index in [9.17, 15) is 43.2 Å². The highest BCUT2D eigenvalue weighted by Gasteiger charge is 2.30. The van der Waals surface area contributed by atoms with Crippen molar-refractivity contribution in [3.05, 3.63) is 146 Å². The Balaban J connectivity index is 5.43. The topological polar surface area (TPSA) is 237 Å². The SMILES string of the molecule is CC/C=C\C/C=C\C/C=C\C/C=C\C/C=C\C/C=C\CCC(=O)OCC(COP(=O)(O)OCC(O)COP(=O)(O)OCC(COC(=O)CCCCCCCCC/C=C\C/C=C\C/C=C\CC)OC(=O)CCCCCCC/C=C\C/C=C\C/C=C\CC)OC(=O)CCCCCCCCCCCCCCC. The van der Waals surface area contributed by atoms with Gasteiger partial charge < -0.3 is 33.8 Å². The Morgan fingerprint density at radius 1 is 0.279 bits per heavy atom. The average molecular weight is 1500 g/mol. The monoisotopic (exact) mass is 1500 g/mol. The highest BCUT2D eigenvalue weighted by atomic mass is 31.2. The second-order valence-corrected chi connectivity index (χ2v) is 29.1. The molecule has 0 aliphatic carbocycles. The Labute approximate surface area is 630 Å². The van der Waals surface area contributed by atoms with Gasteiger partial charge in [0.2, 0.25) is 0 Å². The number of ether oxygens (including phenoxy) is 4. The summed E-state index contributed by atoms with van der Waals surface area (Å²) in [6, 6.07) is 0. The van der Waals surface area contributed by atoms with Crippen molar-refractivity contribution in [2.75, 3.05) is 39.6 Å². The van der Waals surface area contributed by atoms with Gasteiger partial charge in [-0.05, 0) is 128 Å². The first-order valence-corrected chi connectivity index (χ1v) is 43.1. The molecular formula is C85H142O17P2. The van der Waals surface area contributed by atoms with E-state index in [0.29, 0.717) is 32.1 Å². The van der Waals surface area contributed by atoms with Gasteiger partial charge in [0.15, 0.2) is 12.2 Å². The zero-order valence-electron chi connectivity index (χ0n) is 64.9. The minimum absolute atomic E-state index is 0.0344. The van der Waals surface area contributed by atoms with Crippen molar-refractivity contribution in [1.82, 2.24) is 0 Å². The molecule has 0 fully saturated rings. The average Bonchev–Trinajstić information content (AvgIpc) is 0.939. The molecule has 104 heavy (non-hydrogen) atoms. The van der Waals surface area contributed by atoms with Gasteiger partial charge in [0.1, 0.15) is 19.3 Å². The molecule has 17 nitrogen and oxygen atoms in total. The van der Waals surface area contributed by atoms with Gasteiger partial charge in [0, 0.05) is 25.7 Å². The fourth-order valence-corrected chi connectivity index (χ4v) is 11.9. The van der Waals surface area contributed by atoms with Crippen molar-refractivity contribution in [3.8, 4) is 0 Å². The zero-order chi connectivity index (χ0) is 76.0. The molecule has 0 rings (SSSR count). The van der Waals surface area contributed by atoms with Gasteiger partial charge >= 0.3 is 39.5 Å². The molecule has 0 aliphatic rings. The molecule has 0 heterocycles. The Morgan fingerprint density at radius 3 is 0.827 bits per heavy atom. The minimum atomic E-state index is -5.00. The molecule has 5 unspecified atom stereocenters. The molecule has 0 spiro atoms. The van der Waals surface area contributed by atoms with E-state index in [4.69, 9.17) is 37.0 Å². The maximum atomic E-state index is 13.1. The van der Waals surface area contributed by atoms with Crippen molar-refractivity contribution in [1.29, 1.82) is 0 Å². The molecule has 0 aromatic rings. The van der Waals surface area contributed by atoms with Crippen LogP contribution in [0.2, 0.25) is 0 Å². The number of esters is 4. The lowest BCUT2D eigenvalue weighted by molar-refractivity contribution is -0.161. The fourth-order valence-electron chi connectivity index (χ4n) is 10.3. The number of hydrogen-bond donors (Lipinski definition) is 3. The number of aliphatic hydroxyl groups excluding tert-OH is 1. The van der Waals surface area contributed by atoms with E-state index >= 15 is 0 Å². The maximum absolute atomic E-state index is 13.1. The van der Waals surface area contributed by atoms with Crippen LogP contribution in [-0.2, 0) is 65.4 Å². The van der Waals surface area contributed by atoms with Gasteiger partial charge in [-0.1, -0.05) is 302 Å². The van der Waals surface area contributed by atoms with Gasteiger partial charge in [-0.15, -0.1) is 0 Å². The van der Waals surface area contributed by atoms with Gasteiger partial charge in [-0.2, -0.15) is 0 Å². The lowest BCUT2D eigenvalue weighted by atomic mass is 10.0. The summed E-state index contributed by atoms with van der Waals surface area (Å²) in [7, 11) is -9.99. The molecule has 5 atom stereocenters. The van der Waals surface area contributed by atoms with E-state index in [1.54, 1.807) is 0 Å². The highest BCUT2D eigenvalue weighted by molar-refractivity contribution is 7.47. The third-order valence-corrected chi connectivity index (χ3v) is 18.2. The van der Waals surface area contributed by atoms with Crippen LogP contribution in [0.15, 0.2) is 146 Å². The third kappa shape index (κ3) is 75.2. The number of phosphoric ester groups is 2. The number of rotatable bonds is 74. The van der Waals surface area contributed by atoms with E-state index in [0.717, 1.165) is 173 Å². The molecule has 0 aromatic carbocycles. The lowest BCUT2D eigenvalue weighted by Crippen LogP contribution is -2.30. The molecule has 0 radical (unpaired) electrons. The molecular weight excluding hydrogens is 1350 g/mol. The number of carbonyl (C=O) groups excluding carboxylic acids is 4. The minimum Gasteiger partial charge on any atom is -0.462 e. The third-order valence-electron chi connectivity index (χ3n) is 16.3. The summed E-state index contributed by atoms with van der Waals surface area (Å²) in [5, 5.41) is 10.6. The van der Waals surface area contributed by atoms with Crippen LogP contribution < -0.4 is 0 Å². The molecule has 0 saturated heterocycles. The molecule has 0 bridgehead atoms.